The minimum absolute atomic E-state index is 0.145. The predicted molar refractivity (Wildman–Crippen MR) is 103 cm³/mol. The summed E-state index contributed by atoms with van der Waals surface area (Å²) in [7, 11) is 7.44. The van der Waals surface area contributed by atoms with Crippen molar-refractivity contribution in [1.29, 1.82) is 0 Å². The fourth-order valence-electron chi connectivity index (χ4n) is 2.53. The highest BCUT2D eigenvalue weighted by atomic mass is 16.5. The topological polar surface area (TPSA) is 52.0 Å². The minimum atomic E-state index is -0.145. The zero-order chi connectivity index (χ0) is 18.9. The largest absolute Gasteiger partial charge is 0.497 e. The molecule has 2 rings (SSSR count). The monoisotopic (exact) mass is 355 g/mol. The van der Waals surface area contributed by atoms with E-state index in [0.717, 1.165) is 17.7 Å². The Morgan fingerprint density at radius 3 is 2.12 bits per heavy atom. The molecule has 138 valence electrons. The normalized spacial score (nSPS) is 11.0. The van der Waals surface area contributed by atoms with Crippen LogP contribution in [0.15, 0.2) is 48.5 Å². The van der Waals surface area contributed by atoms with Crippen LogP contribution < -0.4 is 19.7 Å². The Morgan fingerprint density at radius 2 is 1.58 bits per heavy atom. The number of methoxy groups -OCH3 is 2. The molecule has 0 heterocycles. The Balaban J connectivity index is 1.91. The van der Waals surface area contributed by atoms with Gasteiger partial charge in [0, 0.05) is 24.3 Å². The Morgan fingerprint density at radius 1 is 1.00 bits per heavy atom. The molecule has 0 bridgehead atoms. The first-order chi connectivity index (χ1) is 12.5. The van der Waals surface area contributed by atoms with Crippen molar-refractivity contribution in [3.63, 3.8) is 0 Å². The molecule has 0 aliphatic carbocycles. The van der Waals surface area contributed by atoms with Crippen LogP contribution in [0.5, 0.6) is 11.5 Å². The quantitative estimate of drug-likeness (QED) is 0.709. The lowest BCUT2D eigenvalue weighted by atomic mass is 10.1. The number of hydrogen-bond donors (Lipinski definition) is 2. The van der Waals surface area contributed by atoms with Crippen LogP contribution in [-0.2, 0) is 17.9 Å². The molecule has 0 aliphatic heterocycles. The van der Waals surface area contributed by atoms with E-state index in [1.807, 2.05) is 12.1 Å². The van der Waals surface area contributed by atoms with E-state index in [9.17, 15) is 4.79 Å². The molecule has 1 amide bonds. The van der Waals surface area contributed by atoms with Gasteiger partial charge in [-0.25, -0.2) is 0 Å². The van der Waals surface area contributed by atoms with Crippen molar-refractivity contribution in [2.24, 2.45) is 0 Å². The second kappa shape index (κ2) is 9.63. The molecule has 2 aromatic carbocycles. The second-order valence-electron chi connectivity index (χ2n) is 6.40. The number of hydrogen-bond acceptors (Lipinski definition) is 3. The van der Waals surface area contributed by atoms with Crippen LogP contribution in [0, 0.1) is 0 Å². The van der Waals surface area contributed by atoms with Crippen molar-refractivity contribution in [3.05, 3.63) is 65.2 Å². The Labute approximate surface area is 155 Å². The molecule has 0 saturated heterocycles. The van der Waals surface area contributed by atoms with Gasteiger partial charge in [0.05, 0.1) is 28.3 Å². The number of amides is 1. The first-order valence-corrected chi connectivity index (χ1v) is 8.56. The van der Waals surface area contributed by atoms with Crippen molar-refractivity contribution < 1.29 is 19.2 Å². The van der Waals surface area contributed by atoms with Crippen molar-refractivity contribution in [3.8, 4) is 11.5 Å². The maximum Gasteiger partial charge on any atom is 0.244 e. The van der Waals surface area contributed by atoms with E-state index in [1.54, 1.807) is 26.4 Å². The molecule has 0 radical (unpaired) electrons. The zero-order valence-corrected chi connectivity index (χ0v) is 15.8. The van der Waals surface area contributed by atoms with Gasteiger partial charge >= 0.3 is 0 Å². The Kier molecular flexibility index (Phi) is 7.24. The number of rotatable bonds is 8. The minimum Gasteiger partial charge on any atom is -0.497 e. The average molecular weight is 355 g/mol. The van der Waals surface area contributed by atoms with E-state index in [0.29, 0.717) is 18.0 Å². The standard InChI is InChI=1S/C21H26N2O3/c1-23(2)15-17-7-5-16(6-8-17)14-22-21(24)10-9-18-11-19(25-3)13-20(12-18)26-4/h5-13H,14-15H2,1-4H3,(H,22,24)/p+1/b10-9+. The highest BCUT2D eigenvalue weighted by molar-refractivity contribution is 5.91. The summed E-state index contributed by atoms with van der Waals surface area (Å²) in [5, 5.41) is 2.89. The summed E-state index contributed by atoms with van der Waals surface area (Å²) in [6, 6.07) is 13.8. The third kappa shape index (κ3) is 6.26. The van der Waals surface area contributed by atoms with E-state index >= 15 is 0 Å². The first-order valence-electron chi connectivity index (χ1n) is 8.56. The molecule has 0 atom stereocenters. The van der Waals surface area contributed by atoms with Crippen LogP contribution in [0.1, 0.15) is 16.7 Å². The number of benzene rings is 2. The predicted octanol–water partition coefficient (Wildman–Crippen LogP) is 1.68. The van der Waals surface area contributed by atoms with Crippen molar-refractivity contribution >= 4 is 12.0 Å². The van der Waals surface area contributed by atoms with E-state index < -0.39 is 0 Å². The maximum atomic E-state index is 12.0. The van der Waals surface area contributed by atoms with Gasteiger partial charge in [-0.15, -0.1) is 0 Å². The molecule has 0 unspecified atom stereocenters. The van der Waals surface area contributed by atoms with Crippen LogP contribution in [0.3, 0.4) is 0 Å². The Hall–Kier alpha value is -2.79. The van der Waals surface area contributed by atoms with Crippen LogP contribution >= 0.6 is 0 Å². The van der Waals surface area contributed by atoms with Crippen LogP contribution in [-0.4, -0.2) is 34.2 Å². The molecule has 0 fully saturated rings. The van der Waals surface area contributed by atoms with Crippen molar-refractivity contribution in [2.45, 2.75) is 13.1 Å². The summed E-state index contributed by atoms with van der Waals surface area (Å²) in [5.74, 6) is 1.22. The number of carbonyl (C=O) groups is 1. The van der Waals surface area contributed by atoms with Gasteiger partial charge in [-0.3, -0.25) is 4.79 Å². The van der Waals surface area contributed by atoms with Gasteiger partial charge in [-0.2, -0.15) is 0 Å². The van der Waals surface area contributed by atoms with E-state index in [1.165, 1.54) is 16.5 Å². The number of ether oxygens (including phenoxy) is 2. The highest BCUT2D eigenvalue weighted by Gasteiger charge is 2.02. The summed E-state index contributed by atoms with van der Waals surface area (Å²) < 4.78 is 10.5. The van der Waals surface area contributed by atoms with Crippen LogP contribution in [0.25, 0.3) is 6.08 Å². The Bertz CT molecular complexity index is 730. The van der Waals surface area contributed by atoms with Crippen LogP contribution in [0.2, 0.25) is 0 Å². The lowest BCUT2D eigenvalue weighted by Crippen LogP contribution is -3.04. The lowest BCUT2D eigenvalue weighted by Gasteiger charge is -2.08. The summed E-state index contributed by atoms with van der Waals surface area (Å²) in [6.07, 6.45) is 3.25. The number of nitrogens with one attached hydrogen (secondary N) is 2. The molecule has 0 spiro atoms. The van der Waals surface area contributed by atoms with Crippen LogP contribution in [0.4, 0.5) is 0 Å². The van der Waals surface area contributed by atoms with Gasteiger partial charge in [0.2, 0.25) is 5.91 Å². The van der Waals surface area contributed by atoms with Gasteiger partial charge < -0.3 is 19.7 Å². The third-order valence-corrected chi connectivity index (χ3v) is 3.85. The van der Waals surface area contributed by atoms with Gasteiger partial charge in [0.1, 0.15) is 18.0 Å². The van der Waals surface area contributed by atoms with E-state index in [-0.39, 0.29) is 5.91 Å². The molecule has 0 saturated carbocycles. The van der Waals surface area contributed by atoms with Gasteiger partial charge in [0.15, 0.2) is 0 Å². The van der Waals surface area contributed by atoms with E-state index in [2.05, 4.69) is 43.7 Å². The smallest absolute Gasteiger partial charge is 0.244 e. The van der Waals surface area contributed by atoms with Crippen molar-refractivity contribution in [1.82, 2.24) is 5.32 Å². The molecular formula is C21H27N2O3+. The van der Waals surface area contributed by atoms with Gasteiger partial charge in [-0.05, 0) is 29.3 Å². The SMILES string of the molecule is COc1cc(/C=C/C(=O)NCc2ccc(C[NH+](C)C)cc2)cc(OC)c1. The van der Waals surface area contributed by atoms with E-state index in [4.69, 9.17) is 9.47 Å². The fourth-order valence-corrected chi connectivity index (χ4v) is 2.53. The van der Waals surface area contributed by atoms with Gasteiger partial charge in [0.25, 0.3) is 0 Å². The fraction of sp³-hybridized carbons (Fsp3) is 0.286. The summed E-state index contributed by atoms with van der Waals surface area (Å²) in [6.45, 7) is 1.49. The third-order valence-electron chi connectivity index (χ3n) is 3.85. The van der Waals surface area contributed by atoms with Crippen molar-refractivity contribution in [2.75, 3.05) is 28.3 Å². The molecule has 26 heavy (non-hydrogen) atoms. The highest BCUT2D eigenvalue weighted by Crippen LogP contribution is 2.23. The first kappa shape index (κ1) is 19.5. The second-order valence-corrected chi connectivity index (χ2v) is 6.40. The molecule has 0 aromatic heterocycles. The summed E-state index contributed by atoms with van der Waals surface area (Å²) in [5.41, 5.74) is 3.20. The summed E-state index contributed by atoms with van der Waals surface area (Å²) in [4.78, 5) is 13.4. The molecule has 2 N–H and O–H groups in total. The summed E-state index contributed by atoms with van der Waals surface area (Å²) >= 11 is 0. The number of carbonyl (C=O) groups excluding carboxylic acids is 1. The molecule has 5 nitrogen and oxygen atoms in total. The number of quaternary nitrogens is 1. The average Bonchev–Trinajstić information content (AvgIpc) is 2.65. The maximum absolute atomic E-state index is 12.0. The zero-order valence-electron chi connectivity index (χ0n) is 15.8. The molecular weight excluding hydrogens is 328 g/mol. The lowest BCUT2D eigenvalue weighted by molar-refractivity contribution is -0.872. The molecule has 2 aromatic rings. The van der Waals surface area contributed by atoms with Gasteiger partial charge in [-0.1, -0.05) is 24.3 Å². The molecule has 0 aliphatic rings. The molecule has 5 heteroatoms.